The first-order valence-electron chi connectivity index (χ1n) is 18.6. The summed E-state index contributed by atoms with van der Waals surface area (Å²) in [4.78, 5) is 40.0. The molecule has 49 heavy (non-hydrogen) atoms. The predicted octanol–water partition coefficient (Wildman–Crippen LogP) is 5.28. The van der Waals surface area contributed by atoms with Gasteiger partial charge in [-0.3, -0.25) is 14.4 Å². The van der Waals surface area contributed by atoms with Crippen LogP contribution >= 0.6 is 0 Å². The molecule has 4 aliphatic carbocycles. The van der Waals surface area contributed by atoms with Crippen LogP contribution in [-0.2, 0) is 33.3 Å². The predicted molar refractivity (Wildman–Crippen MR) is 182 cm³/mol. The average Bonchev–Trinajstić information content (AvgIpc) is 3.57. The van der Waals surface area contributed by atoms with Crippen molar-refractivity contribution in [3.05, 3.63) is 11.6 Å². The monoisotopic (exact) mass is 690 g/mol. The van der Waals surface area contributed by atoms with Gasteiger partial charge in [0.1, 0.15) is 24.1 Å². The fourth-order valence-corrected chi connectivity index (χ4v) is 11.7. The maximum atomic E-state index is 13.7. The summed E-state index contributed by atoms with van der Waals surface area (Å²) in [5, 5.41) is 33.7. The molecule has 1 heterocycles. The van der Waals surface area contributed by atoms with Gasteiger partial charge in [-0.2, -0.15) is 0 Å². The molecule has 0 unspecified atom stereocenters. The van der Waals surface area contributed by atoms with E-state index < -0.39 is 76.0 Å². The molecule has 0 bridgehead atoms. The van der Waals surface area contributed by atoms with E-state index in [1.807, 2.05) is 13.8 Å². The molecular weight excluding hydrogens is 628 g/mol. The highest BCUT2D eigenvalue weighted by atomic mass is 16.7. The van der Waals surface area contributed by atoms with Crippen molar-refractivity contribution in [1.82, 2.24) is 0 Å². The SMILES string of the molecule is CCCCCC(=O)O[C@@H]1C[C@]2(C)C(=CC[C@H]2[C@@H]2C[C@H]([C@H](O)C(C)(C)O)O[C@H]2OC)[C@]2(C)[C@H](OC(C)=O)C[C@H]3C(C)(C)C(=O)C[C@H](O)[C@]3(C)[C@@H]12. The van der Waals surface area contributed by atoms with E-state index in [9.17, 15) is 29.7 Å². The normalized spacial score (nSPS) is 43.6. The molecule has 4 fully saturated rings. The van der Waals surface area contributed by atoms with Crippen molar-refractivity contribution < 1.29 is 48.7 Å². The van der Waals surface area contributed by atoms with Crippen molar-refractivity contribution in [2.45, 2.75) is 163 Å². The van der Waals surface area contributed by atoms with E-state index in [1.54, 1.807) is 21.0 Å². The number of allylic oxidation sites excluding steroid dienone is 1. The third kappa shape index (κ3) is 6.13. The van der Waals surface area contributed by atoms with E-state index in [0.29, 0.717) is 25.7 Å². The summed E-state index contributed by atoms with van der Waals surface area (Å²) >= 11 is 0. The second-order valence-electron chi connectivity index (χ2n) is 17.7. The van der Waals surface area contributed by atoms with Gasteiger partial charge in [0.2, 0.25) is 0 Å². The lowest BCUT2D eigenvalue weighted by molar-refractivity contribution is -0.257. The summed E-state index contributed by atoms with van der Waals surface area (Å²) in [7, 11) is 1.59. The van der Waals surface area contributed by atoms with Crippen molar-refractivity contribution >= 4 is 17.7 Å². The van der Waals surface area contributed by atoms with Crippen LogP contribution in [0.2, 0.25) is 0 Å². The van der Waals surface area contributed by atoms with Crippen molar-refractivity contribution in [2.75, 3.05) is 7.11 Å². The highest BCUT2D eigenvalue weighted by molar-refractivity contribution is 5.86. The summed E-state index contributed by atoms with van der Waals surface area (Å²) in [6, 6.07) is 0. The lowest BCUT2D eigenvalue weighted by Gasteiger charge is -2.69. The molecule has 0 aromatic heterocycles. The number of aliphatic hydroxyl groups is 3. The van der Waals surface area contributed by atoms with E-state index in [4.69, 9.17) is 18.9 Å². The van der Waals surface area contributed by atoms with Crippen LogP contribution < -0.4 is 0 Å². The minimum absolute atomic E-state index is 0.0147. The van der Waals surface area contributed by atoms with E-state index in [-0.39, 0.29) is 42.3 Å². The quantitative estimate of drug-likeness (QED) is 0.157. The van der Waals surface area contributed by atoms with E-state index >= 15 is 0 Å². The summed E-state index contributed by atoms with van der Waals surface area (Å²) in [6.07, 6.45) is 2.56. The molecule has 5 aliphatic rings. The number of ether oxygens (including phenoxy) is 4. The Morgan fingerprint density at radius 2 is 1.78 bits per heavy atom. The number of carbonyl (C=O) groups is 3. The average molecular weight is 691 g/mol. The number of Topliss-reactive ketones (excluding diaryl/α,β-unsaturated/α-hetero) is 1. The fraction of sp³-hybridized carbons (Fsp3) is 0.872. The number of hydrogen-bond donors (Lipinski definition) is 3. The molecule has 0 spiro atoms. The van der Waals surface area contributed by atoms with Gasteiger partial charge in [-0.25, -0.2) is 0 Å². The fourth-order valence-electron chi connectivity index (χ4n) is 11.7. The molecule has 10 nitrogen and oxygen atoms in total. The number of fused-ring (bicyclic) bond motifs is 5. The Balaban J connectivity index is 1.63. The van der Waals surface area contributed by atoms with Gasteiger partial charge in [-0.15, -0.1) is 0 Å². The molecule has 1 aliphatic heterocycles. The molecule has 13 atom stereocenters. The second kappa shape index (κ2) is 13.3. The van der Waals surface area contributed by atoms with Gasteiger partial charge in [0.15, 0.2) is 6.29 Å². The molecule has 3 saturated carbocycles. The van der Waals surface area contributed by atoms with Crippen molar-refractivity contribution in [3.8, 4) is 0 Å². The van der Waals surface area contributed by atoms with Crippen molar-refractivity contribution in [1.29, 1.82) is 0 Å². The van der Waals surface area contributed by atoms with Crippen LogP contribution in [0.3, 0.4) is 0 Å². The van der Waals surface area contributed by atoms with Gasteiger partial charge in [-0.1, -0.05) is 66.0 Å². The first kappa shape index (κ1) is 38.4. The van der Waals surface area contributed by atoms with Crippen LogP contribution in [0, 0.1) is 45.3 Å². The molecule has 0 aromatic carbocycles. The first-order chi connectivity index (χ1) is 22.7. The summed E-state index contributed by atoms with van der Waals surface area (Å²) in [6.45, 7) is 16.9. The molecule has 0 radical (unpaired) electrons. The second-order valence-corrected chi connectivity index (χ2v) is 17.7. The highest BCUT2D eigenvalue weighted by Crippen LogP contribution is 2.74. The molecule has 0 amide bonds. The lowest BCUT2D eigenvalue weighted by atomic mass is 9.36. The summed E-state index contributed by atoms with van der Waals surface area (Å²) in [5.74, 6) is -1.68. The number of esters is 2. The Labute approximate surface area is 292 Å². The molecular formula is C39H62O10. The van der Waals surface area contributed by atoms with Gasteiger partial charge < -0.3 is 34.3 Å². The number of hydrogen-bond acceptors (Lipinski definition) is 10. The Morgan fingerprint density at radius 1 is 1.10 bits per heavy atom. The first-order valence-corrected chi connectivity index (χ1v) is 18.6. The van der Waals surface area contributed by atoms with E-state index in [1.165, 1.54) is 6.92 Å². The Bertz CT molecular complexity index is 1320. The number of methoxy groups -OCH3 is 1. The van der Waals surface area contributed by atoms with Gasteiger partial charge in [0.05, 0.1) is 17.8 Å². The Hall–Kier alpha value is -1.85. The number of rotatable bonds is 10. The van der Waals surface area contributed by atoms with E-state index in [2.05, 4.69) is 33.8 Å². The van der Waals surface area contributed by atoms with Gasteiger partial charge >= 0.3 is 11.9 Å². The maximum absolute atomic E-state index is 13.7. The zero-order valence-electron chi connectivity index (χ0n) is 31.4. The number of ketones is 1. The number of unbranched alkanes of at least 4 members (excludes halogenated alkanes) is 2. The lowest BCUT2D eigenvalue weighted by Crippen LogP contribution is -2.72. The summed E-state index contributed by atoms with van der Waals surface area (Å²) in [5.41, 5.74) is -3.26. The zero-order valence-corrected chi connectivity index (χ0v) is 31.4. The third-order valence-corrected chi connectivity index (χ3v) is 14.0. The van der Waals surface area contributed by atoms with Crippen LogP contribution in [0.1, 0.15) is 120 Å². The minimum Gasteiger partial charge on any atom is -0.462 e. The molecule has 278 valence electrons. The molecule has 3 N–H and O–H groups in total. The zero-order chi connectivity index (χ0) is 36.5. The standard InChI is InChI=1S/C39H62O10/c1-11-12-13-14-31(43)48-25-20-37(7)23(22-17-24(49-34(22)46-10)33(44)36(5,6)45)15-16-26(37)39(9)30(47-21(2)40)18-27-35(3,4)28(41)19-29(42)38(27,8)32(25)39/h16,22-25,27,29-30,32-34,42,44-45H,11-15,17-20H2,1-10H3/t22-,23-,24+,25+,27-,29-,30+,32+,33-,34+,37-,38+,39+/m0/s1. The van der Waals surface area contributed by atoms with Gasteiger partial charge in [-0.05, 0) is 63.2 Å². The summed E-state index contributed by atoms with van der Waals surface area (Å²) < 4.78 is 25.0. The van der Waals surface area contributed by atoms with E-state index in [0.717, 1.165) is 24.8 Å². The molecule has 10 heteroatoms. The van der Waals surface area contributed by atoms with Crippen LogP contribution in [0.4, 0.5) is 0 Å². The minimum atomic E-state index is -1.37. The number of aliphatic hydroxyl groups excluding tert-OH is 2. The van der Waals surface area contributed by atoms with Crippen LogP contribution in [0.15, 0.2) is 11.6 Å². The smallest absolute Gasteiger partial charge is 0.306 e. The van der Waals surface area contributed by atoms with Crippen LogP contribution in [0.5, 0.6) is 0 Å². The molecule has 0 aromatic rings. The topological polar surface area (TPSA) is 149 Å². The van der Waals surface area contributed by atoms with Gasteiger partial charge in [0.25, 0.3) is 0 Å². The molecule has 5 rings (SSSR count). The van der Waals surface area contributed by atoms with Crippen LogP contribution in [0.25, 0.3) is 0 Å². The Kier molecular flexibility index (Phi) is 10.4. The van der Waals surface area contributed by atoms with Crippen molar-refractivity contribution in [2.24, 2.45) is 45.3 Å². The van der Waals surface area contributed by atoms with Crippen molar-refractivity contribution in [3.63, 3.8) is 0 Å². The van der Waals surface area contributed by atoms with Gasteiger partial charge in [0, 0.05) is 55.0 Å². The third-order valence-electron chi connectivity index (χ3n) is 14.0. The Morgan fingerprint density at radius 3 is 2.37 bits per heavy atom. The maximum Gasteiger partial charge on any atom is 0.306 e. The molecule has 1 saturated heterocycles. The highest BCUT2D eigenvalue weighted by Gasteiger charge is 2.74. The number of carbonyl (C=O) groups excluding carboxylic acids is 3. The van der Waals surface area contributed by atoms with Crippen LogP contribution in [-0.4, -0.2) is 82.6 Å². The largest absolute Gasteiger partial charge is 0.462 e.